The van der Waals surface area contributed by atoms with Crippen molar-refractivity contribution in [2.75, 3.05) is 11.1 Å². The summed E-state index contributed by atoms with van der Waals surface area (Å²) in [5.41, 5.74) is 9.83. The van der Waals surface area contributed by atoms with Crippen molar-refractivity contribution in [3.05, 3.63) is 48.4 Å². The topological polar surface area (TPSA) is 68.8 Å². The lowest BCUT2D eigenvalue weighted by Crippen LogP contribution is -2.07. The van der Waals surface area contributed by atoms with Gasteiger partial charge in [0.2, 0.25) is 0 Å². The summed E-state index contributed by atoms with van der Waals surface area (Å²) in [7, 11) is 1.92. The van der Waals surface area contributed by atoms with Crippen molar-refractivity contribution in [2.45, 2.75) is 6.54 Å². The molecule has 1 aromatic carbocycles. The van der Waals surface area contributed by atoms with Gasteiger partial charge in [-0.2, -0.15) is 5.10 Å². The summed E-state index contributed by atoms with van der Waals surface area (Å²) in [5.74, 6) is 0. The standard InChI is InChI=1S/C14H15N5/c1-19-10(6-8-18-19)9-17-13-5-4-12-11(14(13)15)3-2-7-16-12/h2-8,17H,9,15H2,1H3. The highest BCUT2D eigenvalue weighted by atomic mass is 15.3. The van der Waals surface area contributed by atoms with E-state index < -0.39 is 0 Å². The number of hydrogen-bond acceptors (Lipinski definition) is 4. The quantitative estimate of drug-likeness (QED) is 0.702. The molecule has 5 nitrogen and oxygen atoms in total. The number of nitrogens with two attached hydrogens (primary N) is 1. The summed E-state index contributed by atoms with van der Waals surface area (Å²) >= 11 is 0. The van der Waals surface area contributed by atoms with Gasteiger partial charge in [-0.3, -0.25) is 9.67 Å². The number of nitrogens with one attached hydrogen (secondary N) is 1. The lowest BCUT2D eigenvalue weighted by Gasteiger charge is -2.11. The molecule has 0 aliphatic carbocycles. The molecule has 96 valence electrons. The fourth-order valence-corrected chi connectivity index (χ4v) is 2.09. The normalized spacial score (nSPS) is 10.8. The van der Waals surface area contributed by atoms with E-state index in [0.29, 0.717) is 6.54 Å². The lowest BCUT2D eigenvalue weighted by atomic mass is 10.1. The average molecular weight is 253 g/mol. The van der Waals surface area contributed by atoms with Crippen LogP contribution in [0.25, 0.3) is 10.9 Å². The Morgan fingerprint density at radius 3 is 2.89 bits per heavy atom. The van der Waals surface area contributed by atoms with Gasteiger partial charge in [0.25, 0.3) is 0 Å². The van der Waals surface area contributed by atoms with Gasteiger partial charge in [-0.25, -0.2) is 0 Å². The van der Waals surface area contributed by atoms with E-state index in [4.69, 9.17) is 5.73 Å². The highest BCUT2D eigenvalue weighted by molar-refractivity contribution is 5.96. The summed E-state index contributed by atoms with van der Waals surface area (Å²) in [6.07, 6.45) is 3.55. The molecule has 0 unspecified atom stereocenters. The van der Waals surface area contributed by atoms with Gasteiger partial charge in [-0.15, -0.1) is 0 Å². The molecule has 2 heterocycles. The zero-order valence-corrected chi connectivity index (χ0v) is 10.7. The zero-order valence-electron chi connectivity index (χ0n) is 10.7. The van der Waals surface area contributed by atoms with Crippen LogP contribution >= 0.6 is 0 Å². The highest BCUT2D eigenvalue weighted by Crippen LogP contribution is 2.27. The Bertz CT molecular complexity index is 717. The highest BCUT2D eigenvalue weighted by Gasteiger charge is 2.05. The second kappa shape index (κ2) is 4.61. The van der Waals surface area contributed by atoms with Crippen LogP contribution in [0, 0.1) is 0 Å². The first-order valence-corrected chi connectivity index (χ1v) is 6.09. The number of fused-ring (bicyclic) bond motifs is 1. The van der Waals surface area contributed by atoms with Crippen LogP contribution in [0.1, 0.15) is 5.69 Å². The van der Waals surface area contributed by atoms with Crippen molar-refractivity contribution < 1.29 is 0 Å². The molecule has 0 spiro atoms. The molecule has 19 heavy (non-hydrogen) atoms. The summed E-state index contributed by atoms with van der Waals surface area (Å²) in [4.78, 5) is 4.29. The molecule has 0 atom stereocenters. The van der Waals surface area contributed by atoms with Gasteiger partial charge < -0.3 is 11.1 Å². The van der Waals surface area contributed by atoms with E-state index in [2.05, 4.69) is 15.4 Å². The number of pyridine rings is 1. The molecule has 0 aliphatic heterocycles. The van der Waals surface area contributed by atoms with Crippen LogP contribution in [0.15, 0.2) is 42.7 Å². The number of nitrogen functional groups attached to an aromatic ring is 1. The third kappa shape index (κ3) is 2.10. The Balaban J connectivity index is 1.89. The fourth-order valence-electron chi connectivity index (χ4n) is 2.09. The third-order valence-corrected chi connectivity index (χ3v) is 3.21. The van der Waals surface area contributed by atoms with Gasteiger partial charge in [-0.05, 0) is 30.3 Å². The van der Waals surface area contributed by atoms with Gasteiger partial charge in [0, 0.05) is 24.8 Å². The van der Waals surface area contributed by atoms with Crippen LogP contribution in [0.4, 0.5) is 11.4 Å². The first-order valence-electron chi connectivity index (χ1n) is 6.09. The fraction of sp³-hybridized carbons (Fsp3) is 0.143. The van der Waals surface area contributed by atoms with Crippen LogP contribution < -0.4 is 11.1 Å². The van der Waals surface area contributed by atoms with Crippen molar-refractivity contribution in [2.24, 2.45) is 7.05 Å². The smallest absolute Gasteiger partial charge is 0.0724 e. The molecule has 3 N–H and O–H groups in total. The molecule has 0 amide bonds. The summed E-state index contributed by atoms with van der Waals surface area (Å²) in [5, 5.41) is 8.44. The van der Waals surface area contributed by atoms with Crippen molar-refractivity contribution in [1.29, 1.82) is 0 Å². The third-order valence-electron chi connectivity index (χ3n) is 3.21. The second-order valence-corrected chi connectivity index (χ2v) is 4.40. The van der Waals surface area contributed by atoms with E-state index in [1.807, 2.05) is 42.1 Å². The maximum absolute atomic E-state index is 6.17. The minimum Gasteiger partial charge on any atom is -0.397 e. The number of hydrogen-bond donors (Lipinski definition) is 2. The van der Waals surface area contributed by atoms with Gasteiger partial charge in [0.1, 0.15) is 0 Å². The van der Waals surface area contributed by atoms with Gasteiger partial charge >= 0.3 is 0 Å². The largest absolute Gasteiger partial charge is 0.397 e. The van der Waals surface area contributed by atoms with Crippen LogP contribution in [0.3, 0.4) is 0 Å². The minimum atomic E-state index is 0.687. The summed E-state index contributed by atoms with van der Waals surface area (Å²) in [6, 6.07) is 9.78. The SMILES string of the molecule is Cn1nccc1CNc1ccc2ncccc2c1N. The van der Waals surface area contributed by atoms with Gasteiger partial charge in [-0.1, -0.05) is 0 Å². The summed E-state index contributed by atoms with van der Waals surface area (Å²) in [6.45, 7) is 0.687. The molecule has 0 saturated carbocycles. The number of aromatic nitrogens is 3. The predicted octanol–water partition coefficient (Wildman–Crippen LogP) is 2.16. The molecule has 0 fully saturated rings. The van der Waals surface area contributed by atoms with Crippen molar-refractivity contribution >= 4 is 22.3 Å². The molecule has 2 aromatic heterocycles. The second-order valence-electron chi connectivity index (χ2n) is 4.40. The molecule has 0 saturated heterocycles. The molecule has 0 bridgehead atoms. The molecule has 3 aromatic rings. The van der Waals surface area contributed by atoms with Crippen molar-refractivity contribution in [3.8, 4) is 0 Å². The van der Waals surface area contributed by atoms with Crippen LogP contribution in [0.2, 0.25) is 0 Å². The number of aryl methyl sites for hydroxylation is 1. The number of rotatable bonds is 3. The minimum absolute atomic E-state index is 0.687. The first kappa shape index (κ1) is 11.5. The van der Waals surface area contributed by atoms with E-state index in [1.54, 1.807) is 12.4 Å². The Hall–Kier alpha value is -2.56. The van der Waals surface area contributed by atoms with E-state index in [0.717, 1.165) is 28.0 Å². The molecule has 5 heteroatoms. The van der Waals surface area contributed by atoms with E-state index in [-0.39, 0.29) is 0 Å². The first-order chi connectivity index (χ1) is 9.25. The molecule has 3 rings (SSSR count). The van der Waals surface area contributed by atoms with Crippen molar-refractivity contribution in [3.63, 3.8) is 0 Å². The molecule has 0 aliphatic rings. The number of nitrogens with zero attached hydrogens (tertiary/aromatic N) is 3. The van der Waals surface area contributed by atoms with Crippen LogP contribution in [-0.4, -0.2) is 14.8 Å². The Morgan fingerprint density at radius 1 is 1.21 bits per heavy atom. The van der Waals surface area contributed by atoms with Gasteiger partial charge in [0.05, 0.1) is 29.1 Å². The zero-order chi connectivity index (χ0) is 13.2. The van der Waals surface area contributed by atoms with E-state index in [1.165, 1.54) is 0 Å². The number of anilines is 2. The molecule has 0 radical (unpaired) electrons. The van der Waals surface area contributed by atoms with Crippen molar-refractivity contribution in [1.82, 2.24) is 14.8 Å². The summed E-state index contributed by atoms with van der Waals surface area (Å²) < 4.78 is 1.84. The maximum atomic E-state index is 6.17. The van der Waals surface area contributed by atoms with E-state index >= 15 is 0 Å². The Morgan fingerprint density at radius 2 is 2.11 bits per heavy atom. The monoisotopic (exact) mass is 253 g/mol. The van der Waals surface area contributed by atoms with Crippen LogP contribution in [-0.2, 0) is 13.6 Å². The number of benzene rings is 1. The lowest BCUT2D eigenvalue weighted by molar-refractivity contribution is 0.720. The Kier molecular flexibility index (Phi) is 2.79. The molecular formula is C14H15N5. The van der Waals surface area contributed by atoms with Crippen LogP contribution in [0.5, 0.6) is 0 Å². The predicted molar refractivity (Wildman–Crippen MR) is 76.7 cm³/mol. The maximum Gasteiger partial charge on any atom is 0.0724 e. The van der Waals surface area contributed by atoms with E-state index in [9.17, 15) is 0 Å². The molecular weight excluding hydrogens is 238 g/mol. The van der Waals surface area contributed by atoms with Gasteiger partial charge in [0.15, 0.2) is 0 Å². The Labute approximate surface area is 111 Å². The average Bonchev–Trinajstić information content (AvgIpc) is 2.84.